The molecule has 0 fully saturated rings. The molecule has 7 nitrogen and oxygen atoms in total. The van der Waals surface area contributed by atoms with E-state index in [0.717, 1.165) is 11.3 Å². The van der Waals surface area contributed by atoms with E-state index in [1.54, 1.807) is 10.9 Å². The molecule has 0 aliphatic carbocycles. The maximum absolute atomic E-state index is 12.0. The average molecular weight is 276 g/mol. The number of nitrogens with two attached hydrogens (primary N) is 1. The zero-order chi connectivity index (χ0) is 14.7. The molecule has 1 amide bonds. The van der Waals surface area contributed by atoms with Crippen LogP contribution in [0.2, 0.25) is 0 Å². The smallest absolute Gasteiger partial charge is 0.274 e. The molecule has 2 rings (SSSR count). The van der Waals surface area contributed by atoms with Crippen LogP contribution in [0.1, 0.15) is 41.5 Å². The molecule has 2 aromatic heterocycles. The van der Waals surface area contributed by atoms with E-state index in [4.69, 9.17) is 5.73 Å². The standard InChI is InChI=1S/C13H20N6O/c1-8(2)11-10(14)12(18-17-11)13(20)15-4-5-19-7-9(3)6-16-19/h6-8H,4-5,14H2,1-3H3,(H,15,20)(H,17,18). The van der Waals surface area contributed by atoms with Gasteiger partial charge in [-0.05, 0) is 18.4 Å². The molecule has 4 N–H and O–H groups in total. The van der Waals surface area contributed by atoms with Crippen molar-refractivity contribution >= 4 is 11.6 Å². The molecule has 0 unspecified atom stereocenters. The fourth-order valence-electron chi connectivity index (χ4n) is 1.93. The molecule has 0 aromatic carbocycles. The summed E-state index contributed by atoms with van der Waals surface area (Å²) in [7, 11) is 0. The molecule has 7 heteroatoms. The van der Waals surface area contributed by atoms with Crippen molar-refractivity contribution in [3.8, 4) is 0 Å². The van der Waals surface area contributed by atoms with Crippen molar-refractivity contribution in [2.24, 2.45) is 0 Å². The Morgan fingerprint density at radius 3 is 2.85 bits per heavy atom. The van der Waals surface area contributed by atoms with Gasteiger partial charge in [0.25, 0.3) is 5.91 Å². The minimum Gasteiger partial charge on any atom is -0.395 e. The predicted octanol–water partition coefficient (Wildman–Crippen LogP) is 1.05. The molecule has 0 bridgehead atoms. The monoisotopic (exact) mass is 276 g/mol. The largest absolute Gasteiger partial charge is 0.395 e. The van der Waals surface area contributed by atoms with Crippen LogP contribution in [0.4, 0.5) is 5.69 Å². The first-order valence-electron chi connectivity index (χ1n) is 6.60. The van der Waals surface area contributed by atoms with E-state index in [1.165, 1.54) is 0 Å². The highest BCUT2D eigenvalue weighted by atomic mass is 16.1. The second-order valence-electron chi connectivity index (χ2n) is 5.09. The van der Waals surface area contributed by atoms with Crippen molar-refractivity contribution in [1.29, 1.82) is 0 Å². The van der Waals surface area contributed by atoms with Crippen molar-refractivity contribution in [1.82, 2.24) is 25.3 Å². The fraction of sp³-hybridized carbons (Fsp3) is 0.462. The summed E-state index contributed by atoms with van der Waals surface area (Å²) >= 11 is 0. The van der Waals surface area contributed by atoms with Crippen molar-refractivity contribution in [3.05, 3.63) is 29.3 Å². The number of carbonyl (C=O) groups is 1. The number of anilines is 1. The lowest BCUT2D eigenvalue weighted by Crippen LogP contribution is -2.28. The lowest BCUT2D eigenvalue weighted by Gasteiger charge is -2.05. The number of nitrogens with one attached hydrogen (secondary N) is 2. The van der Waals surface area contributed by atoms with Crippen LogP contribution in [-0.2, 0) is 6.54 Å². The zero-order valence-corrected chi connectivity index (χ0v) is 12.0. The number of nitrogens with zero attached hydrogens (tertiary/aromatic N) is 3. The topological polar surface area (TPSA) is 102 Å². The van der Waals surface area contributed by atoms with Crippen LogP contribution in [0.5, 0.6) is 0 Å². The highest BCUT2D eigenvalue weighted by molar-refractivity contribution is 5.97. The number of hydrogen-bond acceptors (Lipinski definition) is 4. The van der Waals surface area contributed by atoms with Crippen LogP contribution >= 0.6 is 0 Å². The minimum absolute atomic E-state index is 0.205. The van der Waals surface area contributed by atoms with E-state index in [1.807, 2.05) is 27.0 Å². The van der Waals surface area contributed by atoms with E-state index in [2.05, 4.69) is 20.6 Å². The summed E-state index contributed by atoms with van der Waals surface area (Å²) in [5, 5.41) is 13.7. The van der Waals surface area contributed by atoms with Gasteiger partial charge >= 0.3 is 0 Å². The van der Waals surface area contributed by atoms with Gasteiger partial charge in [0.1, 0.15) is 0 Å². The van der Waals surface area contributed by atoms with E-state index in [0.29, 0.717) is 18.8 Å². The molecule has 0 radical (unpaired) electrons. The van der Waals surface area contributed by atoms with Crippen LogP contribution in [0.3, 0.4) is 0 Å². The average Bonchev–Trinajstić information content (AvgIpc) is 2.95. The van der Waals surface area contributed by atoms with Gasteiger partial charge in [0, 0.05) is 12.7 Å². The fourth-order valence-corrected chi connectivity index (χ4v) is 1.93. The number of aromatic amines is 1. The molecule has 0 aliphatic heterocycles. The number of nitrogen functional groups attached to an aromatic ring is 1. The van der Waals surface area contributed by atoms with E-state index >= 15 is 0 Å². The SMILES string of the molecule is Cc1cnn(CCNC(=O)c2n[nH]c(C(C)C)c2N)c1. The first-order chi connectivity index (χ1) is 9.49. The quantitative estimate of drug-likeness (QED) is 0.759. The Morgan fingerprint density at radius 2 is 2.30 bits per heavy atom. The van der Waals surface area contributed by atoms with Gasteiger partial charge in [-0.15, -0.1) is 0 Å². The number of hydrogen-bond donors (Lipinski definition) is 3. The number of rotatable bonds is 5. The molecule has 0 atom stereocenters. The third-order valence-corrected chi connectivity index (χ3v) is 3.01. The van der Waals surface area contributed by atoms with Gasteiger partial charge in [-0.25, -0.2) is 0 Å². The second kappa shape index (κ2) is 5.77. The first kappa shape index (κ1) is 14.1. The molecule has 0 saturated carbocycles. The third-order valence-electron chi connectivity index (χ3n) is 3.01. The second-order valence-corrected chi connectivity index (χ2v) is 5.09. The van der Waals surface area contributed by atoms with E-state index < -0.39 is 0 Å². The highest BCUT2D eigenvalue weighted by Gasteiger charge is 2.18. The number of carbonyl (C=O) groups excluding carboxylic acids is 1. The van der Waals surface area contributed by atoms with Crippen LogP contribution in [0.25, 0.3) is 0 Å². The number of amides is 1. The van der Waals surface area contributed by atoms with Gasteiger partial charge in [0.05, 0.1) is 24.1 Å². The molecular weight excluding hydrogens is 256 g/mol. The molecule has 2 aromatic rings. The van der Waals surface area contributed by atoms with E-state index in [9.17, 15) is 4.79 Å². The molecular formula is C13H20N6O. The Labute approximate surface area is 117 Å². The van der Waals surface area contributed by atoms with Crippen molar-refractivity contribution in [3.63, 3.8) is 0 Å². The van der Waals surface area contributed by atoms with Crippen LogP contribution in [-0.4, -0.2) is 32.4 Å². The summed E-state index contributed by atoms with van der Waals surface area (Å²) in [6.45, 7) is 7.04. The molecule has 0 spiro atoms. The van der Waals surface area contributed by atoms with Crippen molar-refractivity contribution in [2.75, 3.05) is 12.3 Å². The van der Waals surface area contributed by atoms with Gasteiger partial charge in [0.15, 0.2) is 5.69 Å². The molecule has 0 aliphatic rings. The Morgan fingerprint density at radius 1 is 1.55 bits per heavy atom. The van der Waals surface area contributed by atoms with Gasteiger partial charge in [-0.3, -0.25) is 14.6 Å². The van der Waals surface area contributed by atoms with Gasteiger partial charge in [-0.1, -0.05) is 13.8 Å². The van der Waals surface area contributed by atoms with Crippen LogP contribution < -0.4 is 11.1 Å². The maximum Gasteiger partial charge on any atom is 0.274 e. The Balaban J connectivity index is 1.92. The summed E-state index contributed by atoms with van der Waals surface area (Å²) < 4.78 is 1.78. The summed E-state index contributed by atoms with van der Waals surface area (Å²) in [5.41, 5.74) is 8.48. The maximum atomic E-state index is 12.0. The Kier molecular flexibility index (Phi) is 4.07. The van der Waals surface area contributed by atoms with Gasteiger partial charge in [-0.2, -0.15) is 10.2 Å². The highest BCUT2D eigenvalue weighted by Crippen LogP contribution is 2.21. The molecule has 20 heavy (non-hydrogen) atoms. The lowest BCUT2D eigenvalue weighted by atomic mass is 10.1. The first-order valence-corrected chi connectivity index (χ1v) is 6.60. The molecule has 0 saturated heterocycles. The van der Waals surface area contributed by atoms with Crippen molar-refractivity contribution in [2.45, 2.75) is 33.2 Å². The third kappa shape index (κ3) is 2.98. The van der Waals surface area contributed by atoms with Crippen LogP contribution in [0.15, 0.2) is 12.4 Å². The minimum atomic E-state index is -0.269. The number of aromatic nitrogens is 4. The van der Waals surface area contributed by atoms with E-state index in [-0.39, 0.29) is 17.5 Å². The summed E-state index contributed by atoms with van der Waals surface area (Å²) in [6.07, 6.45) is 3.70. The lowest BCUT2D eigenvalue weighted by molar-refractivity contribution is 0.0948. The zero-order valence-electron chi connectivity index (χ0n) is 12.0. The van der Waals surface area contributed by atoms with Crippen LogP contribution in [0, 0.1) is 6.92 Å². The van der Waals surface area contributed by atoms with Gasteiger partial charge in [0.2, 0.25) is 0 Å². The Bertz CT molecular complexity index is 598. The van der Waals surface area contributed by atoms with Crippen molar-refractivity contribution < 1.29 is 4.79 Å². The number of H-pyrrole nitrogens is 1. The van der Waals surface area contributed by atoms with Gasteiger partial charge < -0.3 is 11.1 Å². The molecule has 2 heterocycles. The summed E-state index contributed by atoms with van der Waals surface area (Å²) in [5.74, 6) is -0.0642. The summed E-state index contributed by atoms with van der Waals surface area (Å²) in [6, 6.07) is 0. The normalized spacial score (nSPS) is 11.0. The predicted molar refractivity (Wildman–Crippen MR) is 76.4 cm³/mol. The Hall–Kier alpha value is -2.31. The molecule has 108 valence electrons. The number of aryl methyl sites for hydroxylation is 1. The summed E-state index contributed by atoms with van der Waals surface area (Å²) in [4.78, 5) is 12.0.